The molecule has 0 radical (unpaired) electrons. The van der Waals surface area contributed by atoms with E-state index < -0.39 is 0 Å². The summed E-state index contributed by atoms with van der Waals surface area (Å²) >= 11 is 0. The molecule has 33 heavy (non-hydrogen) atoms. The lowest BCUT2D eigenvalue weighted by Gasteiger charge is -2.14. The molecule has 3 heterocycles. The maximum atomic E-state index is 12.8. The van der Waals surface area contributed by atoms with Gasteiger partial charge >= 0.3 is 0 Å². The standard InChI is InChI=1S/C25H24N6O2/c1-15-7-5-9-22(16(15)2)33-25-21(8-6-12-27-25)30-23(32)11-10-20-17(3)29-24-19(13-26)14-28-31(24)18(20)4/h5-9,12,14H,10-11H2,1-4H3,(H,30,32). The number of hydrogen-bond donors (Lipinski definition) is 1. The van der Waals surface area contributed by atoms with Gasteiger partial charge in [-0.05, 0) is 69.0 Å². The molecular formula is C25H24N6O2. The number of hydrogen-bond acceptors (Lipinski definition) is 6. The van der Waals surface area contributed by atoms with Gasteiger partial charge in [0.25, 0.3) is 0 Å². The van der Waals surface area contributed by atoms with E-state index >= 15 is 0 Å². The molecule has 166 valence electrons. The number of carbonyl (C=O) groups excluding carboxylic acids is 1. The Morgan fingerprint density at radius 3 is 2.79 bits per heavy atom. The van der Waals surface area contributed by atoms with Crippen molar-refractivity contribution >= 4 is 17.2 Å². The molecule has 8 heteroatoms. The summed E-state index contributed by atoms with van der Waals surface area (Å²) < 4.78 is 7.66. The Bertz CT molecular complexity index is 1400. The maximum Gasteiger partial charge on any atom is 0.243 e. The summed E-state index contributed by atoms with van der Waals surface area (Å²) in [5.74, 6) is 0.882. The van der Waals surface area contributed by atoms with Crippen molar-refractivity contribution in [2.75, 3.05) is 5.32 Å². The number of nitrogens with zero attached hydrogens (tertiary/aromatic N) is 5. The van der Waals surface area contributed by atoms with Gasteiger partial charge in [-0.25, -0.2) is 14.5 Å². The Morgan fingerprint density at radius 1 is 1.18 bits per heavy atom. The minimum atomic E-state index is -0.161. The van der Waals surface area contributed by atoms with Crippen LogP contribution in [0.3, 0.4) is 0 Å². The quantitative estimate of drug-likeness (QED) is 0.470. The largest absolute Gasteiger partial charge is 0.437 e. The highest BCUT2D eigenvalue weighted by Crippen LogP contribution is 2.30. The molecule has 4 rings (SSSR count). The van der Waals surface area contributed by atoms with Gasteiger partial charge in [0.1, 0.15) is 23.1 Å². The molecule has 8 nitrogen and oxygen atoms in total. The zero-order valence-electron chi connectivity index (χ0n) is 19.0. The molecule has 0 aliphatic carbocycles. The van der Waals surface area contributed by atoms with Crippen molar-refractivity contribution in [3.63, 3.8) is 0 Å². The second-order valence-corrected chi connectivity index (χ2v) is 7.87. The summed E-state index contributed by atoms with van der Waals surface area (Å²) in [6.45, 7) is 7.80. The average molecular weight is 441 g/mol. The third-order valence-corrected chi connectivity index (χ3v) is 5.74. The highest BCUT2D eigenvalue weighted by atomic mass is 16.5. The van der Waals surface area contributed by atoms with E-state index in [1.165, 1.54) is 6.20 Å². The zero-order valence-corrected chi connectivity index (χ0v) is 19.0. The van der Waals surface area contributed by atoms with E-state index in [2.05, 4.69) is 26.5 Å². The van der Waals surface area contributed by atoms with Crippen LogP contribution in [0.25, 0.3) is 5.65 Å². The predicted molar refractivity (Wildman–Crippen MR) is 124 cm³/mol. The minimum absolute atomic E-state index is 0.161. The molecule has 0 saturated heterocycles. The molecule has 0 spiro atoms. The number of pyridine rings is 1. The van der Waals surface area contributed by atoms with Crippen LogP contribution in [0.1, 0.15) is 40.1 Å². The number of aromatic nitrogens is 4. The number of ether oxygens (including phenoxy) is 1. The van der Waals surface area contributed by atoms with Crippen molar-refractivity contribution in [2.24, 2.45) is 0 Å². The number of fused-ring (bicyclic) bond motifs is 1. The van der Waals surface area contributed by atoms with E-state index in [0.717, 1.165) is 28.1 Å². The van der Waals surface area contributed by atoms with Crippen LogP contribution in [0, 0.1) is 39.0 Å². The smallest absolute Gasteiger partial charge is 0.243 e. The van der Waals surface area contributed by atoms with Gasteiger partial charge in [0.15, 0.2) is 5.65 Å². The predicted octanol–water partition coefficient (Wildman–Crippen LogP) is 4.59. The summed E-state index contributed by atoms with van der Waals surface area (Å²) in [6.07, 6.45) is 3.87. The van der Waals surface area contributed by atoms with Gasteiger partial charge in [0, 0.05) is 24.0 Å². The van der Waals surface area contributed by atoms with Gasteiger partial charge in [0.2, 0.25) is 11.8 Å². The summed E-state index contributed by atoms with van der Waals surface area (Å²) in [6, 6.07) is 11.4. The number of carbonyl (C=O) groups is 1. The van der Waals surface area contributed by atoms with E-state index in [-0.39, 0.29) is 12.3 Å². The van der Waals surface area contributed by atoms with Crippen LogP contribution in [0.15, 0.2) is 42.7 Å². The van der Waals surface area contributed by atoms with Gasteiger partial charge in [-0.3, -0.25) is 4.79 Å². The normalized spacial score (nSPS) is 10.8. The maximum absolute atomic E-state index is 12.8. The van der Waals surface area contributed by atoms with Crippen LogP contribution in [-0.4, -0.2) is 25.5 Å². The summed E-state index contributed by atoms with van der Waals surface area (Å²) in [7, 11) is 0. The van der Waals surface area contributed by atoms with Gasteiger partial charge in [-0.2, -0.15) is 10.4 Å². The lowest BCUT2D eigenvalue weighted by Crippen LogP contribution is -2.15. The topological polar surface area (TPSA) is 105 Å². The first-order valence-electron chi connectivity index (χ1n) is 10.6. The Balaban J connectivity index is 1.49. The van der Waals surface area contributed by atoms with Gasteiger partial charge in [-0.1, -0.05) is 12.1 Å². The van der Waals surface area contributed by atoms with E-state index in [1.54, 1.807) is 22.8 Å². The molecule has 0 atom stereocenters. The van der Waals surface area contributed by atoms with E-state index in [4.69, 9.17) is 4.74 Å². The van der Waals surface area contributed by atoms with Crippen LogP contribution < -0.4 is 10.1 Å². The van der Waals surface area contributed by atoms with Gasteiger partial charge in [-0.15, -0.1) is 0 Å². The second-order valence-electron chi connectivity index (χ2n) is 7.87. The van der Waals surface area contributed by atoms with Crippen LogP contribution in [-0.2, 0) is 11.2 Å². The van der Waals surface area contributed by atoms with Crippen LogP contribution in [0.2, 0.25) is 0 Å². The van der Waals surface area contributed by atoms with Crippen LogP contribution >= 0.6 is 0 Å². The Morgan fingerprint density at radius 2 is 2.00 bits per heavy atom. The van der Waals surface area contributed by atoms with Crippen molar-refractivity contribution < 1.29 is 9.53 Å². The lowest BCUT2D eigenvalue weighted by molar-refractivity contribution is -0.116. The first-order chi connectivity index (χ1) is 15.9. The third-order valence-electron chi connectivity index (χ3n) is 5.74. The van der Waals surface area contributed by atoms with E-state index in [9.17, 15) is 10.1 Å². The highest BCUT2D eigenvalue weighted by Gasteiger charge is 2.16. The second kappa shape index (κ2) is 9.09. The van der Waals surface area contributed by atoms with E-state index in [1.807, 2.05) is 45.9 Å². The van der Waals surface area contributed by atoms with E-state index in [0.29, 0.717) is 34.9 Å². The number of benzene rings is 1. The van der Waals surface area contributed by atoms with Crippen LogP contribution in [0.4, 0.5) is 5.69 Å². The van der Waals surface area contributed by atoms with Crippen molar-refractivity contribution in [1.29, 1.82) is 5.26 Å². The zero-order chi connectivity index (χ0) is 23.5. The van der Waals surface area contributed by atoms with Gasteiger partial charge < -0.3 is 10.1 Å². The third kappa shape index (κ3) is 4.39. The Kier molecular flexibility index (Phi) is 6.05. The fourth-order valence-corrected chi connectivity index (χ4v) is 3.71. The molecular weight excluding hydrogens is 416 g/mol. The molecule has 0 aliphatic rings. The number of rotatable bonds is 6. The van der Waals surface area contributed by atoms with Gasteiger partial charge in [0.05, 0.1) is 6.20 Å². The molecule has 0 aliphatic heterocycles. The molecule has 1 aromatic carbocycles. The number of nitrogens with one attached hydrogen (secondary N) is 1. The summed E-state index contributed by atoms with van der Waals surface area (Å²) in [4.78, 5) is 21.6. The average Bonchev–Trinajstić information content (AvgIpc) is 3.21. The monoisotopic (exact) mass is 440 g/mol. The fourth-order valence-electron chi connectivity index (χ4n) is 3.71. The van der Waals surface area contributed by atoms with Crippen molar-refractivity contribution in [1.82, 2.24) is 19.6 Å². The van der Waals surface area contributed by atoms with Crippen molar-refractivity contribution in [3.8, 4) is 17.7 Å². The number of aryl methyl sites for hydroxylation is 3. The molecule has 1 amide bonds. The van der Waals surface area contributed by atoms with Crippen molar-refractivity contribution in [2.45, 2.75) is 40.5 Å². The number of anilines is 1. The lowest BCUT2D eigenvalue weighted by atomic mass is 10.1. The molecule has 1 N–H and O–H groups in total. The summed E-state index contributed by atoms with van der Waals surface area (Å²) in [5.41, 5.74) is 6.19. The summed E-state index contributed by atoms with van der Waals surface area (Å²) in [5, 5.41) is 16.4. The minimum Gasteiger partial charge on any atom is -0.437 e. The first kappa shape index (κ1) is 22.0. The molecule has 3 aromatic heterocycles. The van der Waals surface area contributed by atoms with Crippen LogP contribution in [0.5, 0.6) is 11.6 Å². The molecule has 0 bridgehead atoms. The Labute approximate surface area is 191 Å². The Hall–Kier alpha value is -4.25. The molecule has 0 unspecified atom stereocenters. The SMILES string of the molecule is Cc1cccc(Oc2ncccc2NC(=O)CCc2c(C)nc3c(C#N)cnn3c2C)c1C. The number of nitriles is 1. The van der Waals surface area contributed by atoms with Crippen molar-refractivity contribution in [3.05, 3.63) is 76.4 Å². The molecule has 0 fully saturated rings. The molecule has 0 saturated carbocycles. The fraction of sp³-hybridized carbons (Fsp3) is 0.240. The highest BCUT2D eigenvalue weighted by molar-refractivity contribution is 5.92. The first-order valence-corrected chi connectivity index (χ1v) is 10.6. The molecule has 4 aromatic rings. The number of amides is 1.